The van der Waals surface area contributed by atoms with E-state index < -0.39 is 5.41 Å². The molecule has 0 fully saturated rings. The van der Waals surface area contributed by atoms with E-state index in [-0.39, 0.29) is 0 Å². The van der Waals surface area contributed by atoms with E-state index in [4.69, 9.17) is 0 Å². The molecule has 3 heteroatoms. The van der Waals surface area contributed by atoms with Gasteiger partial charge in [0.2, 0.25) is 0 Å². The van der Waals surface area contributed by atoms with Gasteiger partial charge in [-0.3, -0.25) is 0 Å². The largest absolute Gasteiger partial charge is 0.310 e. The molecule has 0 unspecified atom stereocenters. The molecule has 340 valence electrons. The summed E-state index contributed by atoms with van der Waals surface area (Å²) in [6.07, 6.45) is 0. The summed E-state index contributed by atoms with van der Waals surface area (Å²) in [5, 5.41) is 2.63. The fraction of sp³-hybridized carbons (Fsp3) is 0.0435. The summed E-state index contributed by atoms with van der Waals surface area (Å²) in [7, 11) is 0. The van der Waals surface area contributed by atoms with Crippen LogP contribution in [-0.4, -0.2) is 0 Å². The van der Waals surface area contributed by atoms with Gasteiger partial charge in [-0.15, -0.1) is 11.3 Å². The van der Waals surface area contributed by atoms with Crippen LogP contribution in [0.1, 0.15) is 33.4 Å². The predicted octanol–water partition coefficient (Wildman–Crippen LogP) is 19.3. The first kappa shape index (κ1) is 42.1. The first-order valence-corrected chi connectivity index (χ1v) is 25.7. The van der Waals surface area contributed by atoms with Crippen LogP contribution in [0.25, 0.3) is 64.7 Å². The zero-order valence-corrected chi connectivity index (χ0v) is 40.9. The van der Waals surface area contributed by atoms with E-state index in [0.29, 0.717) is 0 Å². The number of aryl methyl sites for hydroxylation is 2. The highest BCUT2D eigenvalue weighted by Gasteiger charge is 2.53. The number of hydrogen-bond donors (Lipinski definition) is 0. The first-order valence-electron chi connectivity index (χ1n) is 24.9. The van der Waals surface area contributed by atoms with Crippen LogP contribution in [0.4, 0.5) is 34.1 Å². The molecule has 0 atom stereocenters. The summed E-state index contributed by atoms with van der Waals surface area (Å²) in [4.78, 5) is 4.85. The molecule has 0 saturated carbocycles. The molecule has 72 heavy (non-hydrogen) atoms. The van der Waals surface area contributed by atoms with Gasteiger partial charge >= 0.3 is 0 Å². The topological polar surface area (TPSA) is 6.48 Å². The number of thiophene rings is 1. The highest BCUT2D eigenvalue weighted by atomic mass is 32.1. The van der Waals surface area contributed by atoms with Gasteiger partial charge in [0, 0.05) is 59.9 Å². The van der Waals surface area contributed by atoms with Crippen molar-refractivity contribution in [2.24, 2.45) is 0 Å². The third-order valence-electron chi connectivity index (χ3n) is 15.2. The lowest BCUT2D eigenvalue weighted by atomic mass is 9.70. The van der Waals surface area contributed by atoms with Crippen LogP contribution in [0, 0.1) is 13.8 Å². The minimum atomic E-state index is -0.623. The molecule has 1 aromatic heterocycles. The molecule has 11 aromatic carbocycles. The highest BCUT2D eigenvalue weighted by Crippen LogP contribution is 2.65. The Morgan fingerprint density at radius 2 is 0.736 bits per heavy atom. The highest BCUT2D eigenvalue weighted by molar-refractivity contribution is 7.26. The van der Waals surface area contributed by atoms with E-state index in [0.717, 1.165) is 34.1 Å². The molecular formula is C69H48N2S. The third kappa shape index (κ3) is 6.55. The molecule has 0 saturated heterocycles. The molecule has 0 aliphatic heterocycles. The van der Waals surface area contributed by atoms with Crippen molar-refractivity contribution in [1.82, 2.24) is 0 Å². The Balaban J connectivity index is 1.00. The van der Waals surface area contributed by atoms with Gasteiger partial charge < -0.3 is 9.80 Å². The summed E-state index contributed by atoms with van der Waals surface area (Å²) < 4.78 is 2.66. The van der Waals surface area contributed by atoms with Crippen LogP contribution >= 0.6 is 11.3 Å². The maximum atomic E-state index is 2.51. The van der Waals surface area contributed by atoms with Gasteiger partial charge in [0.1, 0.15) is 0 Å². The molecule has 1 heterocycles. The number of fused-ring (bicyclic) bond motifs is 14. The SMILES string of the molecule is Cc1ccc(-c2ccc(N(c3ccccc3)c3ccc4c(c3)C3(c5cc(N(c6ccccc6)c6ccc(-c7ccc(C)cc7)cc6)ccc5-4)c4ccccc4-c4c3ccc3c4sc4ccccc43)cc2)cc1. The first-order chi connectivity index (χ1) is 35.5. The lowest BCUT2D eigenvalue weighted by molar-refractivity contribution is 0.794. The van der Waals surface area contributed by atoms with Gasteiger partial charge in [0.25, 0.3) is 0 Å². The summed E-state index contributed by atoms with van der Waals surface area (Å²) in [6, 6.07) is 94.9. The predicted molar refractivity (Wildman–Crippen MR) is 305 cm³/mol. The second-order valence-corrected chi connectivity index (χ2v) is 20.4. The van der Waals surface area contributed by atoms with E-state index in [1.165, 1.54) is 98.1 Å². The monoisotopic (exact) mass is 936 g/mol. The number of hydrogen-bond acceptors (Lipinski definition) is 3. The van der Waals surface area contributed by atoms with E-state index in [2.05, 4.69) is 278 Å². The van der Waals surface area contributed by atoms with Gasteiger partial charge in [-0.05, 0) is 154 Å². The summed E-state index contributed by atoms with van der Waals surface area (Å²) in [5.74, 6) is 0. The molecule has 0 amide bonds. The lowest BCUT2D eigenvalue weighted by Gasteiger charge is -2.33. The zero-order chi connectivity index (χ0) is 47.9. The van der Waals surface area contributed by atoms with Crippen LogP contribution in [0.5, 0.6) is 0 Å². The number of para-hydroxylation sites is 2. The minimum absolute atomic E-state index is 0.623. The molecule has 12 aromatic rings. The average molecular weight is 937 g/mol. The van der Waals surface area contributed by atoms with Crippen molar-refractivity contribution in [2.75, 3.05) is 9.80 Å². The van der Waals surface area contributed by atoms with Gasteiger partial charge in [-0.2, -0.15) is 0 Å². The standard InChI is InChI=1S/C69H48N2S/c1-45-21-25-47(26-22-45)49-29-33-53(34-30-49)70(51-13-5-3-6-14-51)55-37-39-57-58-40-38-56(71(52-15-7-4-8-16-52)54-35-31-50(32-36-54)48-27-23-46(2)24-28-48)44-65(58)69(64(57)43-55)62-19-11-9-18-61(62)67-63(69)42-41-60-59-17-10-12-20-66(59)72-68(60)67/h3-44H,1-2H3. The second kappa shape index (κ2) is 16.7. The van der Waals surface area contributed by atoms with E-state index in [1.807, 2.05) is 11.3 Å². The van der Waals surface area contributed by atoms with Crippen molar-refractivity contribution in [2.45, 2.75) is 19.3 Å². The molecule has 14 rings (SSSR count). The average Bonchev–Trinajstić information content (AvgIpc) is 4.07. The van der Waals surface area contributed by atoms with Gasteiger partial charge in [0.15, 0.2) is 0 Å². The molecule has 0 bridgehead atoms. The molecule has 1 spiro atoms. The van der Waals surface area contributed by atoms with Crippen LogP contribution in [0.3, 0.4) is 0 Å². The van der Waals surface area contributed by atoms with Crippen molar-refractivity contribution in [3.05, 3.63) is 288 Å². The van der Waals surface area contributed by atoms with Crippen LogP contribution < -0.4 is 9.80 Å². The Hall–Kier alpha value is -8.76. The maximum absolute atomic E-state index is 2.51. The molecule has 2 nitrogen and oxygen atoms in total. The fourth-order valence-electron chi connectivity index (χ4n) is 11.8. The molecular weight excluding hydrogens is 889 g/mol. The maximum Gasteiger partial charge on any atom is 0.0727 e. The third-order valence-corrected chi connectivity index (χ3v) is 16.4. The molecule has 0 N–H and O–H groups in total. The van der Waals surface area contributed by atoms with Crippen molar-refractivity contribution >= 4 is 65.6 Å². The van der Waals surface area contributed by atoms with Crippen LogP contribution in [0.2, 0.25) is 0 Å². The van der Waals surface area contributed by atoms with E-state index >= 15 is 0 Å². The number of anilines is 6. The minimum Gasteiger partial charge on any atom is -0.310 e. The quantitative estimate of drug-likeness (QED) is 0.150. The normalized spacial score (nSPS) is 12.7. The Kier molecular flexibility index (Phi) is 9.77. The van der Waals surface area contributed by atoms with Crippen LogP contribution in [-0.2, 0) is 5.41 Å². The van der Waals surface area contributed by atoms with Gasteiger partial charge in [0.05, 0.1) is 5.41 Å². The summed E-state index contributed by atoms with van der Waals surface area (Å²) in [6.45, 7) is 4.28. The van der Waals surface area contributed by atoms with E-state index in [9.17, 15) is 0 Å². The van der Waals surface area contributed by atoms with Crippen molar-refractivity contribution in [3.63, 3.8) is 0 Å². The smallest absolute Gasteiger partial charge is 0.0727 e. The van der Waals surface area contributed by atoms with Crippen LogP contribution in [0.15, 0.2) is 255 Å². The number of nitrogens with zero attached hydrogens (tertiary/aromatic N) is 2. The van der Waals surface area contributed by atoms with Gasteiger partial charge in [-0.1, -0.05) is 187 Å². The van der Waals surface area contributed by atoms with Gasteiger partial charge in [-0.25, -0.2) is 0 Å². The summed E-state index contributed by atoms with van der Waals surface area (Å²) >= 11 is 1.92. The molecule has 0 radical (unpaired) electrons. The fourth-order valence-corrected chi connectivity index (χ4v) is 13.1. The Bertz CT molecular complexity index is 3840. The lowest BCUT2D eigenvalue weighted by Crippen LogP contribution is -2.26. The Morgan fingerprint density at radius 1 is 0.306 bits per heavy atom. The zero-order valence-electron chi connectivity index (χ0n) is 40.1. The van der Waals surface area contributed by atoms with Crippen molar-refractivity contribution in [1.29, 1.82) is 0 Å². The Labute approximate surface area is 425 Å². The molecule has 2 aliphatic rings. The number of rotatable bonds is 8. The Morgan fingerprint density at radius 3 is 1.26 bits per heavy atom. The number of benzene rings is 11. The second-order valence-electron chi connectivity index (χ2n) is 19.4. The molecule has 2 aliphatic carbocycles. The van der Waals surface area contributed by atoms with Crippen molar-refractivity contribution < 1.29 is 0 Å². The van der Waals surface area contributed by atoms with Crippen molar-refractivity contribution in [3.8, 4) is 44.5 Å². The summed E-state index contributed by atoms with van der Waals surface area (Å²) in [5.41, 5.74) is 23.8. The van der Waals surface area contributed by atoms with E-state index in [1.54, 1.807) is 0 Å².